The third kappa shape index (κ3) is 4.10. The summed E-state index contributed by atoms with van der Waals surface area (Å²) in [4.78, 5) is 0. The Morgan fingerprint density at radius 3 is 2.29 bits per heavy atom. The van der Waals surface area contributed by atoms with E-state index < -0.39 is 5.82 Å². The monoisotopic (exact) mass is 345 g/mol. The van der Waals surface area contributed by atoms with Crippen molar-refractivity contribution < 1.29 is 4.39 Å². The lowest BCUT2D eigenvalue weighted by atomic mass is 9.98. The van der Waals surface area contributed by atoms with Gasteiger partial charge in [0, 0.05) is 21.7 Å². The number of hydrogen-bond donors (Lipinski definition) is 1. The molecule has 5 heteroatoms. The molecule has 2 aromatic carbocycles. The lowest BCUT2D eigenvalue weighted by Crippen LogP contribution is -2.23. The molecule has 0 aromatic heterocycles. The van der Waals surface area contributed by atoms with Crippen LogP contribution >= 0.6 is 34.8 Å². The number of likely N-dealkylation sites (N-methyl/N-ethyl adjacent to an activating group) is 1. The van der Waals surface area contributed by atoms with Crippen molar-refractivity contribution in [2.24, 2.45) is 0 Å². The van der Waals surface area contributed by atoms with Gasteiger partial charge in [0.2, 0.25) is 0 Å². The fourth-order valence-electron chi connectivity index (χ4n) is 2.27. The molecule has 0 amide bonds. The molecular weight excluding hydrogens is 332 g/mol. The predicted octanol–water partition coefficient (Wildman–Crippen LogP) is 5.68. The maximum atomic E-state index is 13.6. The Bertz CT molecular complexity index is 611. The van der Waals surface area contributed by atoms with Crippen LogP contribution in [0.3, 0.4) is 0 Å². The molecule has 112 valence electrons. The molecule has 0 aliphatic rings. The smallest absolute Gasteiger partial charge is 0.142 e. The van der Waals surface area contributed by atoms with Gasteiger partial charge in [0.25, 0.3) is 0 Å². The average molecular weight is 347 g/mol. The summed E-state index contributed by atoms with van der Waals surface area (Å²) in [6, 6.07) is 10.1. The number of nitrogens with one attached hydrogen (secondary N) is 1. The topological polar surface area (TPSA) is 12.0 Å². The van der Waals surface area contributed by atoms with Gasteiger partial charge >= 0.3 is 0 Å². The molecule has 0 saturated heterocycles. The first-order valence-corrected chi connectivity index (χ1v) is 7.77. The van der Waals surface area contributed by atoms with E-state index in [0.717, 1.165) is 17.7 Å². The second-order valence-electron chi connectivity index (χ2n) is 4.70. The molecule has 0 heterocycles. The van der Waals surface area contributed by atoms with E-state index in [2.05, 4.69) is 5.32 Å². The van der Waals surface area contributed by atoms with E-state index >= 15 is 0 Å². The first kappa shape index (κ1) is 16.6. The van der Waals surface area contributed by atoms with Gasteiger partial charge in [0.1, 0.15) is 5.82 Å². The third-order valence-electron chi connectivity index (χ3n) is 3.22. The summed E-state index contributed by atoms with van der Waals surface area (Å²) in [7, 11) is 0. The number of benzene rings is 2. The molecule has 0 aliphatic carbocycles. The van der Waals surface area contributed by atoms with E-state index in [1.807, 2.05) is 6.92 Å². The van der Waals surface area contributed by atoms with Crippen molar-refractivity contribution in [2.75, 3.05) is 6.54 Å². The summed E-state index contributed by atoms with van der Waals surface area (Å²) >= 11 is 18.2. The highest BCUT2D eigenvalue weighted by Crippen LogP contribution is 2.32. The van der Waals surface area contributed by atoms with E-state index in [4.69, 9.17) is 34.8 Å². The minimum Gasteiger partial charge on any atom is -0.310 e. The van der Waals surface area contributed by atoms with Gasteiger partial charge in [-0.25, -0.2) is 4.39 Å². The molecule has 0 fully saturated rings. The number of rotatable bonds is 5. The Morgan fingerprint density at radius 2 is 1.71 bits per heavy atom. The van der Waals surface area contributed by atoms with Crippen LogP contribution in [0.5, 0.6) is 0 Å². The average Bonchev–Trinajstić information content (AvgIpc) is 2.43. The molecular formula is C16H15Cl3FN. The minimum atomic E-state index is -0.422. The van der Waals surface area contributed by atoms with Gasteiger partial charge in [-0.3, -0.25) is 0 Å². The van der Waals surface area contributed by atoms with Gasteiger partial charge in [0.05, 0.1) is 5.02 Å². The van der Waals surface area contributed by atoms with Crippen molar-refractivity contribution in [1.82, 2.24) is 5.32 Å². The van der Waals surface area contributed by atoms with Crippen molar-refractivity contribution in [3.8, 4) is 0 Å². The quantitative estimate of drug-likeness (QED) is 0.734. The Balaban J connectivity index is 2.33. The van der Waals surface area contributed by atoms with Gasteiger partial charge in [-0.05, 0) is 42.8 Å². The summed E-state index contributed by atoms with van der Waals surface area (Å²) in [6.45, 7) is 2.75. The molecule has 21 heavy (non-hydrogen) atoms. The second-order valence-corrected chi connectivity index (χ2v) is 5.92. The van der Waals surface area contributed by atoms with E-state index in [-0.39, 0.29) is 11.1 Å². The first-order chi connectivity index (χ1) is 10.0. The zero-order valence-electron chi connectivity index (χ0n) is 11.5. The van der Waals surface area contributed by atoms with Crippen LogP contribution in [0.25, 0.3) is 0 Å². The summed E-state index contributed by atoms with van der Waals surface area (Å²) in [6.07, 6.45) is 0.575. The normalized spacial score (nSPS) is 12.4. The Labute approximate surface area is 139 Å². The van der Waals surface area contributed by atoms with Gasteiger partial charge in [-0.2, -0.15) is 0 Å². The molecule has 2 rings (SSSR count). The van der Waals surface area contributed by atoms with Gasteiger partial charge in [0.15, 0.2) is 0 Å². The number of halogens is 4. The first-order valence-electron chi connectivity index (χ1n) is 6.64. The molecule has 1 nitrogen and oxygen atoms in total. The Morgan fingerprint density at radius 1 is 1.05 bits per heavy atom. The molecule has 2 aromatic rings. The SMILES string of the molecule is CCNC(Cc1ccc(Cl)c(F)c1)c1c(Cl)cccc1Cl. The highest BCUT2D eigenvalue weighted by Gasteiger charge is 2.18. The summed E-state index contributed by atoms with van der Waals surface area (Å²) in [5.74, 6) is -0.422. The van der Waals surface area contributed by atoms with Crippen LogP contribution in [0, 0.1) is 5.82 Å². The standard InChI is InChI=1S/C16H15Cl3FN/c1-2-21-15(16-12(18)4-3-5-13(16)19)9-10-6-7-11(17)14(20)8-10/h3-8,15,21H,2,9H2,1H3. The highest BCUT2D eigenvalue weighted by atomic mass is 35.5. The molecule has 0 radical (unpaired) electrons. The van der Waals surface area contributed by atoms with Crippen LogP contribution in [0.2, 0.25) is 15.1 Å². The maximum absolute atomic E-state index is 13.6. The highest BCUT2D eigenvalue weighted by molar-refractivity contribution is 6.36. The van der Waals surface area contributed by atoms with Crippen LogP contribution in [0.15, 0.2) is 36.4 Å². The van der Waals surface area contributed by atoms with E-state index in [1.165, 1.54) is 6.07 Å². The van der Waals surface area contributed by atoms with Crippen molar-refractivity contribution in [1.29, 1.82) is 0 Å². The molecule has 1 unspecified atom stereocenters. The molecule has 1 N–H and O–H groups in total. The van der Waals surface area contributed by atoms with Crippen molar-refractivity contribution in [3.05, 3.63) is 68.4 Å². The molecule has 0 aliphatic heterocycles. The lowest BCUT2D eigenvalue weighted by Gasteiger charge is -2.21. The maximum Gasteiger partial charge on any atom is 0.142 e. The van der Waals surface area contributed by atoms with Crippen LogP contribution in [0.4, 0.5) is 4.39 Å². The minimum absolute atomic E-state index is 0.0863. The van der Waals surface area contributed by atoms with Crippen LogP contribution < -0.4 is 5.32 Å². The van der Waals surface area contributed by atoms with Crippen LogP contribution in [0.1, 0.15) is 24.1 Å². The van der Waals surface area contributed by atoms with Crippen LogP contribution in [-0.2, 0) is 6.42 Å². The summed E-state index contributed by atoms with van der Waals surface area (Å²) < 4.78 is 13.6. The third-order valence-corrected chi connectivity index (χ3v) is 4.19. The van der Waals surface area contributed by atoms with Crippen molar-refractivity contribution in [3.63, 3.8) is 0 Å². The van der Waals surface area contributed by atoms with E-state index in [0.29, 0.717) is 16.5 Å². The Hall–Kier alpha value is -0.800. The van der Waals surface area contributed by atoms with Crippen molar-refractivity contribution in [2.45, 2.75) is 19.4 Å². The Kier molecular flexibility index (Phi) is 5.88. The summed E-state index contributed by atoms with van der Waals surface area (Å²) in [5, 5.41) is 4.66. The molecule has 0 spiro atoms. The fourth-order valence-corrected chi connectivity index (χ4v) is 3.05. The summed E-state index contributed by atoms with van der Waals surface area (Å²) in [5.41, 5.74) is 1.66. The molecule has 0 saturated carbocycles. The van der Waals surface area contributed by atoms with Crippen molar-refractivity contribution >= 4 is 34.8 Å². The largest absolute Gasteiger partial charge is 0.310 e. The van der Waals surface area contributed by atoms with E-state index in [9.17, 15) is 4.39 Å². The van der Waals surface area contributed by atoms with Gasteiger partial charge < -0.3 is 5.32 Å². The van der Waals surface area contributed by atoms with E-state index in [1.54, 1.807) is 30.3 Å². The molecule has 1 atom stereocenters. The second kappa shape index (κ2) is 7.46. The van der Waals surface area contributed by atoms with Gasteiger partial charge in [-0.1, -0.05) is 53.9 Å². The fraction of sp³-hybridized carbons (Fsp3) is 0.250. The zero-order valence-corrected chi connectivity index (χ0v) is 13.7. The van der Waals surface area contributed by atoms with Gasteiger partial charge in [-0.15, -0.1) is 0 Å². The zero-order chi connectivity index (χ0) is 15.4. The lowest BCUT2D eigenvalue weighted by molar-refractivity contribution is 0.547. The molecule has 0 bridgehead atoms. The van der Waals surface area contributed by atoms with Crippen LogP contribution in [-0.4, -0.2) is 6.54 Å². The number of hydrogen-bond acceptors (Lipinski definition) is 1. The predicted molar refractivity (Wildman–Crippen MR) is 88.0 cm³/mol.